The summed E-state index contributed by atoms with van der Waals surface area (Å²) in [6.07, 6.45) is 0. The summed E-state index contributed by atoms with van der Waals surface area (Å²) < 4.78 is 13.7. The first kappa shape index (κ1) is 16.2. The Hall–Kier alpha value is -3.85. The molecular formula is C6FN5O10. The highest BCUT2D eigenvalue weighted by Crippen LogP contribution is 2.50. The van der Waals surface area contributed by atoms with Crippen molar-refractivity contribution in [3.05, 3.63) is 56.4 Å². The lowest BCUT2D eigenvalue weighted by molar-refractivity contribution is -0.462. The van der Waals surface area contributed by atoms with Gasteiger partial charge in [0.25, 0.3) is 5.82 Å². The number of hydrogen-bond donors (Lipinski definition) is 0. The van der Waals surface area contributed by atoms with Gasteiger partial charge in [0.15, 0.2) is 0 Å². The molecule has 0 bridgehead atoms. The Morgan fingerprint density at radius 1 is 0.500 bits per heavy atom. The van der Waals surface area contributed by atoms with Crippen molar-refractivity contribution in [3.8, 4) is 0 Å². The van der Waals surface area contributed by atoms with E-state index in [9.17, 15) is 55.0 Å². The molecule has 0 aromatic heterocycles. The Kier molecular flexibility index (Phi) is 3.88. The zero-order valence-corrected chi connectivity index (χ0v) is 9.70. The van der Waals surface area contributed by atoms with Gasteiger partial charge >= 0.3 is 28.4 Å². The van der Waals surface area contributed by atoms with Crippen LogP contribution in [0.5, 0.6) is 0 Å². The zero-order chi connectivity index (χ0) is 17.4. The average molecular weight is 321 g/mol. The van der Waals surface area contributed by atoms with Gasteiger partial charge in [-0.05, 0) is 0 Å². The molecule has 116 valence electrons. The van der Waals surface area contributed by atoms with Crippen molar-refractivity contribution in [3.63, 3.8) is 0 Å². The molecule has 0 N–H and O–H groups in total. The fourth-order valence-electron chi connectivity index (χ4n) is 1.51. The van der Waals surface area contributed by atoms with E-state index in [4.69, 9.17) is 0 Å². The van der Waals surface area contributed by atoms with Crippen LogP contribution in [-0.2, 0) is 0 Å². The quantitative estimate of drug-likeness (QED) is 0.559. The highest BCUT2D eigenvalue weighted by Gasteiger charge is 2.55. The molecule has 0 amide bonds. The Morgan fingerprint density at radius 3 is 0.864 bits per heavy atom. The molecule has 1 rings (SSSR count). The SMILES string of the molecule is O=[N+]([O-])c1c(F)c([N+](=O)[O-])c([N+](=O)[O-])c([N+](=O)[O-])c1[N+](=O)[O-]. The van der Waals surface area contributed by atoms with E-state index in [1.807, 2.05) is 0 Å². The molecule has 16 heteroatoms. The number of nitro benzene ring substituents is 5. The maximum absolute atomic E-state index is 13.7. The number of halogens is 1. The number of nitrogens with zero attached hydrogens (tertiary/aromatic N) is 5. The molecule has 22 heavy (non-hydrogen) atoms. The average Bonchev–Trinajstić information content (AvgIpc) is 2.34. The number of benzene rings is 1. The fraction of sp³-hybridized carbons (Fsp3) is 0. The highest BCUT2D eigenvalue weighted by molar-refractivity contribution is 5.82. The second-order valence-corrected chi connectivity index (χ2v) is 3.34. The van der Waals surface area contributed by atoms with Crippen molar-refractivity contribution in [1.82, 2.24) is 0 Å². The topological polar surface area (TPSA) is 216 Å². The molecule has 0 aliphatic carbocycles. The summed E-state index contributed by atoms with van der Waals surface area (Å²) in [7, 11) is 0. The molecule has 0 saturated heterocycles. The summed E-state index contributed by atoms with van der Waals surface area (Å²) in [5, 5.41) is 53.4. The summed E-state index contributed by atoms with van der Waals surface area (Å²) in [5.74, 6) is -2.53. The van der Waals surface area contributed by atoms with Gasteiger partial charge in [-0.15, -0.1) is 0 Å². The van der Waals surface area contributed by atoms with Gasteiger partial charge in [-0.2, -0.15) is 4.39 Å². The minimum absolute atomic E-state index is 1.81. The summed E-state index contributed by atoms with van der Waals surface area (Å²) in [6.45, 7) is 0. The Bertz CT molecular complexity index is 706. The van der Waals surface area contributed by atoms with Gasteiger partial charge in [-0.1, -0.05) is 0 Å². The lowest BCUT2D eigenvalue weighted by Gasteiger charge is -2.01. The van der Waals surface area contributed by atoms with Crippen LogP contribution in [0.2, 0.25) is 0 Å². The predicted molar refractivity (Wildman–Crippen MR) is 59.7 cm³/mol. The molecule has 1 aromatic rings. The molecular weight excluding hydrogens is 321 g/mol. The van der Waals surface area contributed by atoms with Crippen LogP contribution in [-0.4, -0.2) is 24.6 Å². The maximum Gasteiger partial charge on any atom is 0.437 e. The van der Waals surface area contributed by atoms with Crippen LogP contribution in [0, 0.1) is 56.4 Å². The largest absolute Gasteiger partial charge is 0.437 e. The first-order chi connectivity index (χ1) is 10.0. The van der Waals surface area contributed by atoms with Crippen molar-refractivity contribution < 1.29 is 29.0 Å². The molecule has 0 heterocycles. The van der Waals surface area contributed by atoms with Crippen molar-refractivity contribution >= 4 is 28.4 Å². The predicted octanol–water partition coefficient (Wildman–Crippen LogP) is 1.37. The molecule has 0 aliphatic rings. The van der Waals surface area contributed by atoms with Gasteiger partial charge in [-0.3, -0.25) is 50.6 Å². The second-order valence-electron chi connectivity index (χ2n) is 3.34. The number of hydrogen-bond acceptors (Lipinski definition) is 10. The van der Waals surface area contributed by atoms with E-state index in [1.54, 1.807) is 0 Å². The van der Waals surface area contributed by atoms with Crippen LogP contribution < -0.4 is 0 Å². The van der Waals surface area contributed by atoms with Crippen LogP contribution >= 0.6 is 0 Å². The van der Waals surface area contributed by atoms with Crippen molar-refractivity contribution in [2.75, 3.05) is 0 Å². The van der Waals surface area contributed by atoms with Crippen LogP contribution in [0.3, 0.4) is 0 Å². The zero-order valence-electron chi connectivity index (χ0n) is 9.70. The molecule has 0 spiro atoms. The van der Waals surface area contributed by atoms with Crippen molar-refractivity contribution in [1.29, 1.82) is 0 Å². The highest BCUT2D eigenvalue weighted by atomic mass is 19.1. The number of rotatable bonds is 5. The third kappa shape index (κ3) is 2.30. The van der Waals surface area contributed by atoms with Crippen LogP contribution in [0.25, 0.3) is 0 Å². The third-order valence-corrected chi connectivity index (χ3v) is 2.23. The van der Waals surface area contributed by atoms with Crippen molar-refractivity contribution in [2.24, 2.45) is 0 Å². The minimum atomic E-state index is -2.53. The minimum Gasteiger partial charge on any atom is -0.258 e. The van der Waals surface area contributed by atoms with E-state index >= 15 is 0 Å². The molecule has 0 unspecified atom stereocenters. The molecule has 0 fully saturated rings. The molecule has 15 nitrogen and oxygen atoms in total. The summed E-state index contributed by atoms with van der Waals surface area (Å²) in [5.41, 5.74) is -10.9. The smallest absolute Gasteiger partial charge is 0.258 e. The summed E-state index contributed by atoms with van der Waals surface area (Å²) in [6, 6.07) is 0. The second kappa shape index (κ2) is 5.26. The van der Waals surface area contributed by atoms with Crippen LogP contribution in [0.4, 0.5) is 32.8 Å². The number of nitro groups is 5. The normalized spacial score (nSPS) is 10.0. The van der Waals surface area contributed by atoms with E-state index in [1.165, 1.54) is 0 Å². The fourth-order valence-corrected chi connectivity index (χ4v) is 1.51. The summed E-state index contributed by atoms with van der Waals surface area (Å²) in [4.78, 5) is 44.3. The molecule has 1 aromatic carbocycles. The van der Waals surface area contributed by atoms with E-state index in [0.29, 0.717) is 0 Å². The maximum atomic E-state index is 13.7. The van der Waals surface area contributed by atoms with Gasteiger partial charge < -0.3 is 0 Å². The molecule has 0 aliphatic heterocycles. The van der Waals surface area contributed by atoms with Gasteiger partial charge in [0.1, 0.15) is 0 Å². The first-order valence-electron chi connectivity index (χ1n) is 4.63. The summed E-state index contributed by atoms with van der Waals surface area (Å²) >= 11 is 0. The van der Waals surface area contributed by atoms with Gasteiger partial charge in [0, 0.05) is 0 Å². The van der Waals surface area contributed by atoms with Crippen LogP contribution in [0.1, 0.15) is 0 Å². The van der Waals surface area contributed by atoms with E-state index in [2.05, 4.69) is 0 Å². The van der Waals surface area contributed by atoms with E-state index in [0.717, 1.165) is 0 Å². The standard InChI is InChI=1S/C6FN5O10/c7-1-2(8(13)14)4(10(17)18)6(12(21)22)5(11(19)20)3(1)9(15)16. The van der Waals surface area contributed by atoms with Crippen LogP contribution in [0.15, 0.2) is 0 Å². The molecule has 0 radical (unpaired) electrons. The van der Waals surface area contributed by atoms with E-state index in [-0.39, 0.29) is 0 Å². The van der Waals surface area contributed by atoms with Gasteiger partial charge in [-0.25, -0.2) is 0 Å². The Morgan fingerprint density at radius 2 is 0.682 bits per heavy atom. The molecule has 0 atom stereocenters. The van der Waals surface area contributed by atoms with E-state index < -0.39 is 58.9 Å². The first-order valence-corrected chi connectivity index (χ1v) is 4.63. The van der Waals surface area contributed by atoms with Gasteiger partial charge in [0.05, 0.1) is 24.6 Å². The third-order valence-electron chi connectivity index (χ3n) is 2.23. The Balaban J connectivity index is 4.31. The lowest BCUT2D eigenvalue weighted by atomic mass is 10.1. The Labute approximate surface area is 115 Å². The van der Waals surface area contributed by atoms with Gasteiger partial charge in [0.2, 0.25) is 0 Å². The molecule has 0 saturated carbocycles. The monoisotopic (exact) mass is 321 g/mol. The van der Waals surface area contributed by atoms with Crippen molar-refractivity contribution in [2.45, 2.75) is 0 Å². The lowest BCUT2D eigenvalue weighted by Crippen LogP contribution is -2.10.